The number of amides is 1. The van der Waals surface area contributed by atoms with Crippen molar-refractivity contribution >= 4 is 11.9 Å². The van der Waals surface area contributed by atoms with E-state index in [0.29, 0.717) is 6.54 Å². The zero-order valence-corrected chi connectivity index (χ0v) is 13.6. The molecule has 0 aromatic rings. The molecule has 0 radical (unpaired) electrons. The molecule has 1 amide bonds. The van der Waals surface area contributed by atoms with Crippen LogP contribution in [0.25, 0.3) is 0 Å². The summed E-state index contributed by atoms with van der Waals surface area (Å²) < 4.78 is 0. The lowest BCUT2D eigenvalue weighted by atomic mass is 9.86. The molecule has 5 nitrogen and oxygen atoms in total. The average molecular weight is 313 g/mol. The molecule has 0 aromatic carbocycles. The fraction of sp³-hybridized carbons (Fsp3) is 0.882. The van der Waals surface area contributed by atoms with E-state index >= 15 is 0 Å². The van der Waals surface area contributed by atoms with E-state index in [1.54, 1.807) is 0 Å². The first-order valence-corrected chi connectivity index (χ1v) is 8.79. The molecular weight excluding hydrogens is 282 g/mol. The van der Waals surface area contributed by atoms with E-state index in [1.165, 1.54) is 0 Å². The van der Waals surface area contributed by atoms with Gasteiger partial charge >= 0.3 is 5.97 Å². The summed E-state index contributed by atoms with van der Waals surface area (Å²) in [5.41, 5.74) is 0. The molecule has 2 unspecified atom stereocenters. The SMILES string of the molecule is O=C(O)CCCCCCCCCNC(=O)C1CCCCC1O. The summed E-state index contributed by atoms with van der Waals surface area (Å²) in [5, 5.41) is 21.3. The van der Waals surface area contributed by atoms with E-state index in [-0.39, 0.29) is 18.2 Å². The molecule has 0 heterocycles. The molecule has 0 bridgehead atoms. The van der Waals surface area contributed by atoms with Crippen LogP contribution in [0.2, 0.25) is 0 Å². The Morgan fingerprint density at radius 3 is 2.14 bits per heavy atom. The van der Waals surface area contributed by atoms with Gasteiger partial charge < -0.3 is 15.5 Å². The zero-order valence-electron chi connectivity index (χ0n) is 13.6. The van der Waals surface area contributed by atoms with Gasteiger partial charge in [0.25, 0.3) is 0 Å². The molecule has 2 atom stereocenters. The molecular formula is C17H31NO4. The summed E-state index contributed by atoms with van der Waals surface area (Å²) in [6.45, 7) is 0.696. The Morgan fingerprint density at radius 1 is 0.909 bits per heavy atom. The number of aliphatic hydroxyl groups is 1. The van der Waals surface area contributed by atoms with E-state index in [2.05, 4.69) is 5.32 Å². The van der Waals surface area contributed by atoms with E-state index in [1.807, 2.05) is 0 Å². The van der Waals surface area contributed by atoms with Crippen molar-refractivity contribution in [1.29, 1.82) is 0 Å². The minimum atomic E-state index is -0.709. The number of hydrogen-bond donors (Lipinski definition) is 3. The number of aliphatic hydroxyl groups excluding tert-OH is 1. The van der Waals surface area contributed by atoms with Crippen LogP contribution in [0.4, 0.5) is 0 Å². The van der Waals surface area contributed by atoms with E-state index < -0.39 is 12.1 Å². The third-order valence-corrected chi connectivity index (χ3v) is 4.43. The molecule has 0 aromatic heterocycles. The Bertz CT molecular complexity index is 333. The molecule has 0 saturated heterocycles. The second-order valence-corrected chi connectivity index (χ2v) is 6.37. The number of carbonyl (C=O) groups is 2. The summed E-state index contributed by atoms with van der Waals surface area (Å²) in [4.78, 5) is 22.3. The van der Waals surface area contributed by atoms with Crippen LogP contribution in [-0.4, -0.2) is 34.7 Å². The maximum absolute atomic E-state index is 12.0. The predicted molar refractivity (Wildman–Crippen MR) is 85.5 cm³/mol. The van der Waals surface area contributed by atoms with Gasteiger partial charge in [-0.15, -0.1) is 0 Å². The van der Waals surface area contributed by atoms with Crippen molar-refractivity contribution in [3.05, 3.63) is 0 Å². The van der Waals surface area contributed by atoms with Crippen molar-refractivity contribution in [3.8, 4) is 0 Å². The monoisotopic (exact) mass is 313 g/mol. The van der Waals surface area contributed by atoms with Gasteiger partial charge in [0, 0.05) is 13.0 Å². The van der Waals surface area contributed by atoms with Crippen LogP contribution in [0.5, 0.6) is 0 Å². The van der Waals surface area contributed by atoms with Gasteiger partial charge in [0.1, 0.15) is 0 Å². The highest BCUT2D eigenvalue weighted by Gasteiger charge is 2.28. The van der Waals surface area contributed by atoms with Crippen LogP contribution in [0, 0.1) is 5.92 Å². The van der Waals surface area contributed by atoms with Crippen LogP contribution in [0.3, 0.4) is 0 Å². The van der Waals surface area contributed by atoms with Gasteiger partial charge in [-0.3, -0.25) is 9.59 Å². The Hall–Kier alpha value is -1.10. The first-order valence-electron chi connectivity index (χ1n) is 8.79. The molecule has 0 aliphatic heterocycles. The summed E-state index contributed by atoms with van der Waals surface area (Å²) in [7, 11) is 0. The molecule has 128 valence electrons. The standard InChI is InChI=1S/C17H31NO4/c19-15-11-8-7-10-14(15)17(22)18-13-9-5-3-1-2-4-6-12-16(20)21/h14-15,19H,1-13H2,(H,18,22)(H,20,21). The molecule has 1 fully saturated rings. The Balaban J connectivity index is 1.90. The number of carboxylic acids is 1. The molecule has 1 aliphatic carbocycles. The Morgan fingerprint density at radius 2 is 1.50 bits per heavy atom. The van der Waals surface area contributed by atoms with E-state index in [4.69, 9.17) is 5.11 Å². The largest absolute Gasteiger partial charge is 0.481 e. The maximum atomic E-state index is 12.0. The normalized spacial score (nSPS) is 21.5. The third kappa shape index (κ3) is 8.37. The van der Waals surface area contributed by atoms with Gasteiger partial charge in [0.2, 0.25) is 5.91 Å². The van der Waals surface area contributed by atoms with Crippen molar-refractivity contribution in [2.45, 2.75) is 83.2 Å². The number of hydrogen-bond acceptors (Lipinski definition) is 3. The van der Waals surface area contributed by atoms with Gasteiger partial charge in [-0.2, -0.15) is 0 Å². The topological polar surface area (TPSA) is 86.6 Å². The van der Waals surface area contributed by atoms with Crippen molar-refractivity contribution < 1.29 is 19.8 Å². The van der Waals surface area contributed by atoms with Crippen molar-refractivity contribution in [2.75, 3.05) is 6.54 Å². The van der Waals surface area contributed by atoms with Crippen LogP contribution in [0.1, 0.15) is 77.0 Å². The number of aliphatic carboxylic acids is 1. The van der Waals surface area contributed by atoms with Crippen molar-refractivity contribution in [1.82, 2.24) is 5.32 Å². The Kier molecular flexibility index (Phi) is 9.87. The zero-order chi connectivity index (χ0) is 16.2. The number of carbonyl (C=O) groups excluding carboxylic acids is 1. The predicted octanol–water partition coefficient (Wildman–Crippen LogP) is 2.86. The van der Waals surface area contributed by atoms with Gasteiger partial charge in [-0.05, 0) is 25.7 Å². The smallest absolute Gasteiger partial charge is 0.303 e. The Labute approximate surface area is 133 Å². The molecule has 1 saturated carbocycles. The highest BCUT2D eigenvalue weighted by atomic mass is 16.4. The van der Waals surface area contributed by atoms with Gasteiger partial charge in [-0.25, -0.2) is 0 Å². The number of rotatable bonds is 11. The second kappa shape index (κ2) is 11.5. The fourth-order valence-electron chi connectivity index (χ4n) is 3.04. The molecule has 5 heteroatoms. The van der Waals surface area contributed by atoms with E-state index in [0.717, 1.165) is 70.6 Å². The first kappa shape index (κ1) is 18.9. The highest BCUT2D eigenvalue weighted by Crippen LogP contribution is 2.24. The van der Waals surface area contributed by atoms with Crippen molar-refractivity contribution in [3.63, 3.8) is 0 Å². The average Bonchev–Trinajstić information content (AvgIpc) is 2.49. The quantitative estimate of drug-likeness (QED) is 0.512. The van der Waals surface area contributed by atoms with Gasteiger partial charge in [-0.1, -0.05) is 44.9 Å². The van der Waals surface area contributed by atoms with Crippen LogP contribution < -0.4 is 5.32 Å². The number of nitrogens with one attached hydrogen (secondary N) is 1. The number of carboxylic acid groups (broad SMARTS) is 1. The molecule has 22 heavy (non-hydrogen) atoms. The van der Waals surface area contributed by atoms with Gasteiger partial charge in [0.15, 0.2) is 0 Å². The summed E-state index contributed by atoms with van der Waals surface area (Å²) in [6.07, 6.45) is 10.6. The third-order valence-electron chi connectivity index (χ3n) is 4.43. The van der Waals surface area contributed by atoms with Crippen molar-refractivity contribution in [2.24, 2.45) is 5.92 Å². The van der Waals surface area contributed by atoms with Crippen LogP contribution >= 0.6 is 0 Å². The summed E-state index contributed by atoms with van der Waals surface area (Å²) in [6, 6.07) is 0. The van der Waals surface area contributed by atoms with Crippen LogP contribution in [-0.2, 0) is 9.59 Å². The van der Waals surface area contributed by atoms with Crippen LogP contribution in [0.15, 0.2) is 0 Å². The molecule has 1 aliphatic rings. The number of unbranched alkanes of at least 4 members (excludes halogenated alkanes) is 6. The molecule has 1 rings (SSSR count). The first-order chi connectivity index (χ1) is 10.6. The summed E-state index contributed by atoms with van der Waals surface area (Å²) in [5.74, 6) is -0.900. The highest BCUT2D eigenvalue weighted by molar-refractivity contribution is 5.79. The maximum Gasteiger partial charge on any atom is 0.303 e. The lowest BCUT2D eigenvalue weighted by molar-refractivity contribution is -0.137. The minimum Gasteiger partial charge on any atom is -0.481 e. The molecule has 3 N–H and O–H groups in total. The lowest BCUT2D eigenvalue weighted by Gasteiger charge is -2.26. The van der Waals surface area contributed by atoms with E-state index in [9.17, 15) is 14.7 Å². The van der Waals surface area contributed by atoms with Gasteiger partial charge in [0.05, 0.1) is 12.0 Å². The second-order valence-electron chi connectivity index (χ2n) is 6.37. The molecule has 0 spiro atoms. The lowest BCUT2D eigenvalue weighted by Crippen LogP contribution is -2.39. The minimum absolute atomic E-state index is 0.0147. The fourth-order valence-corrected chi connectivity index (χ4v) is 3.04. The summed E-state index contributed by atoms with van der Waals surface area (Å²) >= 11 is 0.